The molecule has 1 aliphatic heterocycles. The molecule has 106 valence electrons. The van der Waals surface area contributed by atoms with Crippen LogP contribution in [0.3, 0.4) is 0 Å². The Morgan fingerprint density at radius 3 is 2.80 bits per heavy atom. The molecule has 0 saturated carbocycles. The fourth-order valence-electron chi connectivity index (χ4n) is 2.27. The van der Waals surface area contributed by atoms with Crippen LogP contribution in [0.25, 0.3) is 11.4 Å². The SMILES string of the molecule is CC1(C)OCC(c2ccccc2-c2noc(CN)n2)O1. The Hall–Kier alpha value is -1.76. The number of aromatic nitrogens is 2. The van der Waals surface area contributed by atoms with Gasteiger partial charge in [0.1, 0.15) is 6.10 Å². The van der Waals surface area contributed by atoms with Gasteiger partial charge in [-0.1, -0.05) is 29.4 Å². The molecule has 0 radical (unpaired) electrons. The van der Waals surface area contributed by atoms with Gasteiger partial charge in [-0.25, -0.2) is 0 Å². The van der Waals surface area contributed by atoms with Crippen molar-refractivity contribution >= 4 is 0 Å². The average molecular weight is 275 g/mol. The number of ether oxygens (including phenoxy) is 2. The van der Waals surface area contributed by atoms with E-state index in [-0.39, 0.29) is 12.6 Å². The minimum Gasteiger partial charge on any atom is -0.347 e. The van der Waals surface area contributed by atoms with Gasteiger partial charge in [0.25, 0.3) is 0 Å². The lowest BCUT2D eigenvalue weighted by Crippen LogP contribution is -2.19. The summed E-state index contributed by atoms with van der Waals surface area (Å²) in [6, 6.07) is 7.81. The normalized spacial score (nSPS) is 21.2. The Morgan fingerprint density at radius 2 is 2.15 bits per heavy atom. The molecule has 3 rings (SSSR count). The first kappa shape index (κ1) is 13.2. The van der Waals surface area contributed by atoms with E-state index < -0.39 is 5.79 Å². The molecule has 1 aromatic carbocycles. The molecule has 6 heteroatoms. The highest BCUT2D eigenvalue weighted by Gasteiger charge is 2.35. The van der Waals surface area contributed by atoms with Gasteiger partial charge in [-0.3, -0.25) is 0 Å². The van der Waals surface area contributed by atoms with E-state index >= 15 is 0 Å². The zero-order valence-electron chi connectivity index (χ0n) is 11.5. The van der Waals surface area contributed by atoms with Gasteiger partial charge in [-0.15, -0.1) is 0 Å². The zero-order chi connectivity index (χ0) is 14.2. The Morgan fingerprint density at radius 1 is 1.35 bits per heavy atom. The van der Waals surface area contributed by atoms with Crippen molar-refractivity contribution in [3.63, 3.8) is 0 Å². The number of hydrogen-bond acceptors (Lipinski definition) is 6. The first-order valence-corrected chi connectivity index (χ1v) is 6.53. The van der Waals surface area contributed by atoms with Crippen LogP contribution < -0.4 is 5.73 Å². The summed E-state index contributed by atoms with van der Waals surface area (Å²) >= 11 is 0. The number of nitrogens with zero attached hydrogens (tertiary/aromatic N) is 2. The summed E-state index contributed by atoms with van der Waals surface area (Å²) in [7, 11) is 0. The minimum atomic E-state index is -0.572. The lowest BCUT2D eigenvalue weighted by Gasteiger charge is -2.18. The molecule has 1 atom stereocenters. The topological polar surface area (TPSA) is 83.4 Å². The highest BCUT2D eigenvalue weighted by Crippen LogP contribution is 2.36. The van der Waals surface area contributed by atoms with E-state index in [9.17, 15) is 0 Å². The van der Waals surface area contributed by atoms with E-state index in [1.165, 1.54) is 0 Å². The molecule has 0 aliphatic carbocycles. The molecule has 2 N–H and O–H groups in total. The number of nitrogens with two attached hydrogens (primary N) is 1. The van der Waals surface area contributed by atoms with E-state index in [2.05, 4.69) is 10.1 Å². The molecule has 1 unspecified atom stereocenters. The lowest BCUT2D eigenvalue weighted by atomic mass is 10.0. The molecular formula is C14H17N3O3. The second-order valence-corrected chi connectivity index (χ2v) is 5.12. The van der Waals surface area contributed by atoms with E-state index in [1.54, 1.807) is 0 Å². The summed E-state index contributed by atoms with van der Waals surface area (Å²) in [6.07, 6.45) is -0.138. The molecular weight excluding hydrogens is 258 g/mol. The van der Waals surface area contributed by atoms with Crippen molar-refractivity contribution in [2.75, 3.05) is 6.61 Å². The average Bonchev–Trinajstić information content (AvgIpc) is 3.05. The number of hydrogen-bond donors (Lipinski definition) is 1. The van der Waals surface area contributed by atoms with Crippen LogP contribution in [0.5, 0.6) is 0 Å². The van der Waals surface area contributed by atoms with Crippen LogP contribution >= 0.6 is 0 Å². The Balaban J connectivity index is 1.96. The van der Waals surface area contributed by atoms with Crippen LogP contribution in [-0.4, -0.2) is 22.5 Å². The van der Waals surface area contributed by atoms with Gasteiger partial charge in [0, 0.05) is 5.56 Å². The molecule has 0 bridgehead atoms. The summed E-state index contributed by atoms with van der Waals surface area (Å²) in [5, 5.41) is 3.96. The molecule has 1 saturated heterocycles. The largest absolute Gasteiger partial charge is 0.347 e. The van der Waals surface area contributed by atoms with E-state index in [0.717, 1.165) is 11.1 Å². The monoisotopic (exact) mass is 275 g/mol. The second kappa shape index (κ2) is 4.97. The minimum absolute atomic E-state index is 0.138. The molecule has 1 aliphatic rings. The Kier molecular flexibility index (Phi) is 3.29. The van der Waals surface area contributed by atoms with Crippen LogP contribution in [0.15, 0.2) is 28.8 Å². The molecule has 0 spiro atoms. The van der Waals surface area contributed by atoms with Gasteiger partial charge >= 0.3 is 0 Å². The third-order valence-electron chi connectivity index (χ3n) is 3.20. The maximum atomic E-state index is 5.90. The molecule has 1 aromatic heterocycles. The summed E-state index contributed by atoms with van der Waals surface area (Å²) in [6.45, 7) is 4.53. The molecule has 20 heavy (non-hydrogen) atoms. The molecule has 2 aromatic rings. The highest BCUT2D eigenvalue weighted by molar-refractivity contribution is 5.60. The van der Waals surface area contributed by atoms with Crippen molar-refractivity contribution in [1.82, 2.24) is 10.1 Å². The van der Waals surface area contributed by atoms with Gasteiger partial charge in [-0.05, 0) is 19.4 Å². The van der Waals surface area contributed by atoms with Crippen LogP contribution in [0.1, 0.15) is 31.4 Å². The van der Waals surface area contributed by atoms with Crippen molar-refractivity contribution in [2.24, 2.45) is 5.73 Å². The van der Waals surface area contributed by atoms with Crippen LogP contribution in [0.4, 0.5) is 0 Å². The van der Waals surface area contributed by atoms with E-state index in [0.29, 0.717) is 18.3 Å². The van der Waals surface area contributed by atoms with Crippen LogP contribution in [0.2, 0.25) is 0 Å². The lowest BCUT2D eigenvalue weighted by molar-refractivity contribution is -0.139. The summed E-state index contributed by atoms with van der Waals surface area (Å²) in [4.78, 5) is 4.27. The summed E-state index contributed by atoms with van der Waals surface area (Å²) in [5.41, 5.74) is 7.36. The summed E-state index contributed by atoms with van der Waals surface area (Å²) < 4.78 is 16.6. The van der Waals surface area contributed by atoms with Gasteiger partial charge < -0.3 is 19.7 Å². The zero-order valence-corrected chi connectivity index (χ0v) is 11.5. The second-order valence-electron chi connectivity index (χ2n) is 5.12. The van der Waals surface area contributed by atoms with Crippen molar-refractivity contribution in [1.29, 1.82) is 0 Å². The fraction of sp³-hybridized carbons (Fsp3) is 0.429. The predicted molar refractivity (Wildman–Crippen MR) is 71.5 cm³/mol. The van der Waals surface area contributed by atoms with Crippen molar-refractivity contribution in [2.45, 2.75) is 32.3 Å². The van der Waals surface area contributed by atoms with E-state index in [4.69, 9.17) is 19.7 Å². The molecule has 0 amide bonds. The first-order valence-electron chi connectivity index (χ1n) is 6.53. The van der Waals surface area contributed by atoms with Gasteiger partial charge in [0.2, 0.25) is 11.7 Å². The Bertz CT molecular complexity index is 609. The highest BCUT2D eigenvalue weighted by atomic mass is 16.7. The van der Waals surface area contributed by atoms with Gasteiger partial charge in [0.05, 0.1) is 13.2 Å². The molecule has 1 fully saturated rings. The number of benzene rings is 1. The molecule has 6 nitrogen and oxygen atoms in total. The Labute approximate surface area is 116 Å². The first-order chi connectivity index (χ1) is 9.59. The maximum Gasteiger partial charge on any atom is 0.240 e. The maximum absolute atomic E-state index is 5.90. The summed E-state index contributed by atoms with van der Waals surface area (Å²) in [5.74, 6) is 0.366. The number of rotatable bonds is 3. The third kappa shape index (κ3) is 2.45. The van der Waals surface area contributed by atoms with Crippen molar-refractivity contribution in [3.8, 4) is 11.4 Å². The third-order valence-corrected chi connectivity index (χ3v) is 3.20. The standard InChI is InChI=1S/C14H17N3O3/c1-14(2)18-8-11(19-14)9-5-3-4-6-10(9)13-16-12(7-15)20-17-13/h3-6,11H,7-8,15H2,1-2H3. The van der Waals surface area contributed by atoms with Gasteiger partial charge in [0.15, 0.2) is 5.79 Å². The van der Waals surface area contributed by atoms with Crippen molar-refractivity contribution < 1.29 is 14.0 Å². The quantitative estimate of drug-likeness (QED) is 0.922. The smallest absolute Gasteiger partial charge is 0.240 e. The van der Waals surface area contributed by atoms with E-state index in [1.807, 2.05) is 38.1 Å². The molecule has 2 heterocycles. The fourth-order valence-corrected chi connectivity index (χ4v) is 2.27. The predicted octanol–water partition coefficient (Wildman–Crippen LogP) is 2.02. The van der Waals surface area contributed by atoms with Crippen LogP contribution in [-0.2, 0) is 16.0 Å². The van der Waals surface area contributed by atoms with Crippen molar-refractivity contribution in [3.05, 3.63) is 35.7 Å². The van der Waals surface area contributed by atoms with Gasteiger partial charge in [-0.2, -0.15) is 4.98 Å². The van der Waals surface area contributed by atoms with Crippen LogP contribution in [0, 0.1) is 0 Å².